The largest absolute Gasteiger partial charge is 0.354 e. The molecule has 1 aliphatic heterocycles. The lowest BCUT2D eigenvalue weighted by atomic mass is 10.2. The van der Waals surface area contributed by atoms with Crippen LogP contribution in [0.25, 0.3) is 0 Å². The van der Waals surface area contributed by atoms with Gasteiger partial charge in [-0.2, -0.15) is 0 Å². The van der Waals surface area contributed by atoms with Crippen LogP contribution in [0, 0.1) is 6.92 Å². The molecule has 1 aliphatic rings. The van der Waals surface area contributed by atoms with Gasteiger partial charge in [0.2, 0.25) is 10.0 Å². The Kier molecular flexibility index (Phi) is 3.84. The Hall–Kier alpha value is -1.18. The van der Waals surface area contributed by atoms with E-state index in [9.17, 15) is 8.42 Å². The van der Waals surface area contributed by atoms with Crippen molar-refractivity contribution in [3.8, 4) is 0 Å². The second-order valence-electron chi connectivity index (χ2n) is 4.26. The maximum absolute atomic E-state index is 11.7. The first kappa shape index (κ1) is 13.3. The van der Waals surface area contributed by atoms with E-state index in [-0.39, 0.29) is 4.90 Å². The highest BCUT2D eigenvalue weighted by Gasteiger charge is 2.17. The minimum atomic E-state index is -3.41. The van der Waals surface area contributed by atoms with E-state index in [4.69, 9.17) is 0 Å². The van der Waals surface area contributed by atoms with Gasteiger partial charge in [-0.05, 0) is 25.6 Å². The second kappa shape index (κ2) is 5.21. The van der Waals surface area contributed by atoms with Crippen LogP contribution in [-0.2, 0) is 10.0 Å². The summed E-state index contributed by atoms with van der Waals surface area (Å²) < 4.78 is 25.6. The van der Waals surface area contributed by atoms with Crippen LogP contribution in [-0.4, -0.2) is 46.6 Å². The van der Waals surface area contributed by atoms with Gasteiger partial charge in [0, 0.05) is 32.4 Å². The van der Waals surface area contributed by atoms with E-state index in [0.29, 0.717) is 0 Å². The van der Waals surface area contributed by atoms with Crippen molar-refractivity contribution in [2.75, 3.05) is 38.1 Å². The van der Waals surface area contributed by atoms with E-state index < -0.39 is 10.0 Å². The van der Waals surface area contributed by atoms with Crippen molar-refractivity contribution >= 4 is 15.8 Å². The third kappa shape index (κ3) is 2.63. The predicted molar refractivity (Wildman–Crippen MR) is 70.3 cm³/mol. The molecule has 1 fully saturated rings. The topological polar surface area (TPSA) is 74.3 Å². The number of rotatable bonds is 3. The molecule has 1 saturated heterocycles. The summed E-state index contributed by atoms with van der Waals surface area (Å²) in [5.41, 5.74) is 0.883. The fraction of sp³-hybridized carbons (Fsp3) is 0.545. The van der Waals surface area contributed by atoms with E-state index in [0.717, 1.165) is 37.6 Å². The van der Waals surface area contributed by atoms with Gasteiger partial charge in [0.1, 0.15) is 10.7 Å². The normalized spacial score (nSPS) is 16.9. The van der Waals surface area contributed by atoms with Crippen LogP contribution in [0.4, 0.5) is 5.82 Å². The van der Waals surface area contributed by atoms with Crippen LogP contribution >= 0.6 is 0 Å². The number of nitrogens with one attached hydrogen (secondary N) is 2. The number of aromatic nitrogens is 1. The minimum Gasteiger partial charge on any atom is -0.354 e. The average molecular weight is 270 g/mol. The number of hydrogen-bond acceptors (Lipinski definition) is 5. The molecule has 0 radical (unpaired) electrons. The molecule has 7 heteroatoms. The minimum absolute atomic E-state index is 0.210. The monoisotopic (exact) mass is 270 g/mol. The van der Waals surface area contributed by atoms with Gasteiger partial charge in [-0.25, -0.2) is 18.1 Å². The van der Waals surface area contributed by atoms with Crippen molar-refractivity contribution in [2.24, 2.45) is 0 Å². The quantitative estimate of drug-likeness (QED) is 0.789. The predicted octanol–water partition coefficient (Wildman–Crippen LogP) is -0.292. The fourth-order valence-electron chi connectivity index (χ4n) is 2.01. The highest BCUT2D eigenvalue weighted by atomic mass is 32.2. The van der Waals surface area contributed by atoms with Crippen molar-refractivity contribution < 1.29 is 8.42 Å². The molecule has 0 atom stereocenters. The summed E-state index contributed by atoms with van der Waals surface area (Å²) in [4.78, 5) is 6.67. The molecule has 0 saturated carbocycles. The van der Waals surface area contributed by atoms with Crippen molar-refractivity contribution in [1.29, 1.82) is 0 Å². The van der Waals surface area contributed by atoms with Gasteiger partial charge in [-0.1, -0.05) is 0 Å². The molecule has 0 spiro atoms. The highest BCUT2D eigenvalue weighted by molar-refractivity contribution is 7.89. The first-order valence-electron chi connectivity index (χ1n) is 5.90. The number of nitrogens with zero attached hydrogens (tertiary/aromatic N) is 2. The first-order chi connectivity index (χ1) is 8.54. The summed E-state index contributed by atoms with van der Waals surface area (Å²) in [6.45, 7) is 5.53. The Morgan fingerprint density at radius 3 is 2.61 bits per heavy atom. The molecular formula is C11H18N4O2S. The summed E-state index contributed by atoms with van der Waals surface area (Å²) in [5, 5.41) is 3.27. The Balaban J connectivity index is 2.30. The molecule has 2 rings (SSSR count). The van der Waals surface area contributed by atoms with Gasteiger partial charge in [0.15, 0.2) is 0 Å². The molecular weight excluding hydrogens is 252 g/mol. The van der Waals surface area contributed by atoms with Crippen LogP contribution in [0.15, 0.2) is 17.2 Å². The number of pyridine rings is 1. The zero-order chi connectivity index (χ0) is 13.2. The molecule has 0 amide bonds. The molecule has 6 nitrogen and oxygen atoms in total. The van der Waals surface area contributed by atoms with E-state index in [2.05, 4.69) is 19.9 Å². The summed E-state index contributed by atoms with van der Waals surface area (Å²) in [6, 6.07) is 1.66. The number of piperazine rings is 1. The molecule has 0 aliphatic carbocycles. The number of hydrogen-bond donors (Lipinski definition) is 2. The summed E-state index contributed by atoms with van der Waals surface area (Å²) in [7, 11) is -2.01. The summed E-state index contributed by atoms with van der Waals surface area (Å²) in [5.74, 6) is 0.867. The maximum atomic E-state index is 11.7. The molecule has 1 aromatic heterocycles. The molecule has 1 aromatic rings. The van der Waals surface area contributed by atoms with Crippen LogP contribution in [0.2, 0.25) is 0 Å². The van der Waals surface area contributed by atoms with Gasteiger partial charge >= 0.3 is 0 Å². The lowest BCUT2D eigenvalue weighted by Crippen LogP contribution is -2.44. The molecule has 100 valence electrons. The van der Waals surface area contributed by atoms with Gasteiger partial charge in [-0.15, -0.1) is 0 Å². The Morgan fingerprint density at radius 1 is 1.39 bits per heavy atom. The van der Waals surface area contributed by atoms with Gasteiger partial charge in [0.05, 0.1) is 0 Å². The smallest absolute Gasteiger partial charge is 0.241 e. The standard InChI is InChI=1S/C11H18N4O2S/c1-9-7-10(18(16,17)12-2)8-14-11(9)15-5-3-13-4-6-15/h7-8,12-13H,3-6H2,1-2H3. The fourth-order valence-corrected chi connectivity index (χ4v) is 2.77. The SMILES string of the molecule is CNS(=O)(=O)c1cnc(N2CCNCC2)c(C)c1. The summed E-state index contributed by atoms with van der Waals surface area (Å²) in [6.07, 6.45) is 1.41. The van der Waals surface area contributed by atoms with E-state index in [1.807, 2.05) is 6.92 Å². The van der Waals surface area contributed by atoms with Crippen molar-refractivity contribution in [3.63, 3.8) is 0 Å². The van der Waals surface area contributed by atoms with E-state index in [1.54, 1.807) is 6.07 Å². The van der Waals surface area contributed by atoms with Crippen molar-refractivity contribution in [3.05, 3.63) is 17.8 Å². The zero-order valence-corrected chi connectivity index (χ0v) is 11.4. The van der Waals surface area contributed by atoms with Gasteiger partial charge < -0.3 is 10.2 Å². The number of sulfonamides is 1. The Bertz CT molecular complexity index is 524. The van der Waals surface area contributed by atoms with Crippen LogP contribution < -0.4 is 14.9 Å². The second-order valence-corrected chi connectivity index (χ2v) is 6.14. The third-order valence-electron chi connectivity index (χ3n) is 3.02. The Labute approximate surface area is 107 Å². The molecule has 2 heterocycles. The van der Waals surface area contributed by atoms with Crippen molar-refractivity contribution in [1.82, 2.24) is 15.0 Å². The van der Waals surface area contributed by atoms with Gasteiger partial charge in [0.25, 0.3) is 0 Å². The Morgan fingerprint density at radius 2 is 2.06 bits per heavy atom. The van der Waals surface area contributed by atoms with Crippen LogP contribution in [0.5, 0.6) is 0 Å². The highest BCUT2D eigenvalue weighted by Crippen LogP contribution is 2.20. The van der Waals surface area contributed by atoms with Gasteiger partial charge in [-0.3, -0.25) is 0 Å². The summed E-state index contributed by atoms with van der Waals surface area (Å²) >= 11 is 0. The molecule has 2 N–H and O–H groups in total. The lowest BCUT2D eigenvalue weighted by molar-refractivity contribution is 0.581. The third-order valence-corrected chi connectivity index (χ3v) is 4.40. The zero-order valence-electron chi connectivity index (χ0n) is 10.6. The lowest BCUT2D eigenvalue weighted by Gasteiger charge is -2.29. The van der Waals surface area contributed by atoms with Crippen LogP contribution in [0.1, 0.15) is 5.56 Å². The average Bonchev–Trinajstić information content (AvgIpc) is 2.39. The molecule has 0 aromatic carbocycles. The maximum Gasteiger partial charge on any atom is 0.241 e. The van der Waals surface area contributed by atoms with Crippen LogP contribution in [0.3, 0.4) is 0 Å². The molecule has 0 bridgehead atoms. The number of aryl methyl sites for hydroxylation is 1. The van der Waals surface area contributed by atoms with Crippen molar-refractivity contribution in [2.45, 2.75) is 11.8 Å². The molecule has 0 unspecified atom stereocenters. The number of anilines is 1. The molecule has 18 heavy (non-hydrogen) atoms. The van der Waals surface area contributed by atoms with E-state index >= 15 is 0 Å². The van der Waals surface area contributed by atoms with E-state index in [1.165, 1.54) is 13.2 Å². The first-order valence-corrected chi connectivity index (χ1v) is 7.39.